The summed E-state index contributed by atoms with van der Waals surface area (Å²) in [5.74, 6) is 0.0173. The van der Waals surface area contributed by atoms with E-state index in [-0.39, 0.29) is 11.7 Å². The van der Waals surface area contributed by atoms with Crippen molar-refractivity contribution in [2.24, 2.45) is 5.92 Å². The molecule has 0 aromatic heterocycles. The molecule has 0 unspecified atom stereocenters. The molecule has 0 atom stereocenters. The number of carbonyl (C=O) groups excluding carboxylic acids is 1. The first-order chi connectivity index (χ1) is 10.3. The maximum Gasteiger partial charge on any atom is 0.166 e. The molecule has 3 rings (SSSR count). The van der Waals surface area contributed by atoms with Crippen LogP contribution >= 0.6 is 0 Å². The highest BCUT2D eigenvalue weighted by Gasteiger charge is 2.10. The lowest BCUT2D eigenvalue weighted by atomic mass is 10.0. The van der Waals surface area contributed by atoms with Gasteiger partial charge in [-0.15, -0.1) is 0 Å². The average molecular weight is 272 g/mol. The summed E-state index contributed by atoms with van der Waals surface area (Å²) in [6.45, 7) is 0. The second-order valence-corrected chi connectivity index (χ2v) is 5.02. The standard InChI is InChI=1S/C20H16O/c21-20(18-10-4-5-11-18)14-13-16-7-6-12-19(15-16)17-8-2-1-3-9-17/h1-15,18H/b14-13+. The van der Waals surface area contributed by atoms with E-state index in [1.807, 2.05) is 60.7 Å². The summed E-state index contributed by atoms with van der Waals surface area (Å²) in [7, 11) is 0. The second-order valence-electron chi connectivity index (χ2n) is 5.02. The SMILES string of the molecule is O=C(/C=C/c1cccc(-c2ccccc2)c1)C1C=CC=C1. The Morgan fingerprint density at radius 3 is 2.33 bits per heavy atom. The minimum absolute atomic E-state index is 0.0986. The van der Waals surface area contributed by atoms with Gasteiger partial charge in [0.1, 0.15) is 0 Å². The minimum atomic E-state index is -0.0986. The zero-order chi connectivity index (χ0) is 14.5. The lowest BCUT2D eigenvalue weighted by Crippen LogP contribution is -2.03. The van der Waals surface area contributed by atoms with Gasteiger partial charge in [0.25, 0.3) is 0 Å². The highest BCUT2D eigenvalue weighted by molar-refractivity contribution is 5.98. The minimum Gasteiger partial charge on any atom is -0.294 e. The number of benzene rings is 2. The molecule has 0 saturated carbocycles. The van der Waals surface area contributed by atoms with Gasteiger partial charge in [-0.1, -0.05) is 78.9 Å². The Hall–Kier alpha value is -2.67. The molecular weight excluding hydrogens is 256 g/mol. The molecule has 0 N–H and O–H groups in total. The number of carbonyl (C=O) groups is 1. The van der Waals surface area contributed by atoms with Gasteiger partial charge in [0, 0.05) is 0 Å². The Morgan fingerprint density at radius 1 is 0.857 bits per heavy atom. The molecule has 1 aliphatic carbocycles. The molecule has 0 fully saturated rings. The third kappa shape index (κ3) is 3.26. The third-order valence-electron chi connectivity index (χ3n) is 3.51. The molecule has 0 saturated heterocycles. The van der Waals surface area contributed by atoms with E-state index in [1.165, 1.54) is 5.56 Å². The fraction of sp³-hybridized carbons (Fsp3) is 0.0500. The number of allylic oxidation sites excluding steroid dienone is 5. The molecule has 2 aromatic carbocycles. The van der Waals surface area contributed by atoms with Crippen LogP contribution < -0.4 is 0 Å². The summed E-state index contributed by atoms with van der Waals surface area (Å²) in [4.78, 5) is 12.0. The van der Waals surface area contributed by atoms with E-state index in [0.717, 1.165) is 11.1 Å². The summed E-state index contributed by atoms with van der Waals surface area (Å²) in [5, 5.41) is 0. The van der Waals surface area contributed by atoms with Crippen molar-refractivity contribution in [3.63, 3.8) is 0 Å². The predicted octanol–water partition coefficient (Wildman–Crippen LogP) is 4.68. The van der Waals surface area contributed by atoms with Crippen molar-refractivity contribution in [3.8, 4) is 11.1 Å². The molecule has 102 valence electrons. The van der Waals surface area contributed by atoms with Gasteiger partial charge in [0.15, 0.2) is 5.78 Å². The number of ketones is 1. The molecule has 0 radical (unpaired) electrons. The Kier molecular flexibility index (Phi) is 3.92. The van der Waals surface area contributed by atoms with Gasteiger partial charge in [-0.2, -0.15) is 0 Å². The smallest absolute Gasteiger partial charge is 0.166 e. The van der Waals surface area contributed by atoms with Crippen molar-refractivity contribution >= 4 is 11.9 Å². The summed E-state index contributed by atoms with van der Waals surface area (Å²) in [6, 6.07) is 18.4. The normalized spacial score (nSPS) is 14.1. The fourth-order valence-electron chi connectivity index (χ4n) is 2.36. The van der Waals surface area contributed by atoms with E-state index >= 15 is 0 Å². The first kappa shape index (κ1) is 13.3. The monoisotopic (exact) mass is 272 g/mol. The van der Waals surface area contributed by atoms with Gasteiger partial charge in [-0.05, 0) is 28.8 Å². The van der Waals surface area contributed by atoms with Crippen LogP contribution in [0.5, 0.6) is 0 Å². The lowest BCUT2D eigenvalue weighted by molar-refractivity contribution is -0.115. The maximum absolute atomic E-state index is 12.0. The highest BCUT2D eigenvalue weighted by Crippen LogP contribution is 2.21. The van der Waals surface area contributed by atoms with Gasteiger partial charge in [0.05, 0.1) is 5.92 Å². The second kappa shape index (κ2) is 6.19. The van der Waals surface area contributed by atoms with Crippen LogP contribution in [0.3, 0.4) is 0 Å². The molecule has 1 heteroatoms. The van der Waals surface area contributed by atoms with Crippen LogP contribution in [-0.2, 0) is 4.79 Å². The van der Waals surface area contributed by atoms with Crippen LogP contribution in [-0.4, -0.2) is 5.78 Å². The van der Waals surface area contributed by atoms with Crippen LogP contribution in [0, 0.1) is 5.92 Å². The van der Waals surface area contributed by atoms with Crippen molar-refractivity contribution in [3.05, 3.63) is 90.5 Å². The van der Waals surface area contributed by atoms with Gasteiger partial charge in [0.2, 0.25) is 0 Å². The van der Waals surface area contributed by atoms with Gasteiger partial charge < -0.3 is 0 Å². The van der Waals surface area contributed by atoms with Crippen molar-refractivity contribution in [1.29, 1.82) is 0 Å². The van der Waals surface area contributed by atoms with Crippen molar-refractivity contribution in [2.45, 2.75) is 0 Å². The molecule has 1 nitrogen and oxygen atoms in total. The van der Waals surface area contributed by atoms with Crippen LogP contribution in [0.2, 0.25) is 0 Å². The first-order valence-corrected chi connectivity index (χ1v) is 7.05. The molecule has 21 heavy (non-hydrogen) atoms. The van der Waals surface area contributed by atoms with E-state index in [2.05, 4.69) is 24.3 Å². The zero-order valence-electron chi connectivity index (χ0n) is 11.6. The Labute approximate surface area is 124 Å². The van der Waals surface area contributed by atoms with Crippen LogP contribution in [0.4, 0.5) is 0 Å². The first-order valence-electron chi connectivity index (χ1n) is 7.05. The summed E-state index contributed by atoms with van der Waals surface area (Å²) in [6.07, 6.45) is 11.2. The number of rotatable bonds is 4. The van der Waals surface area contributed by atoms with E-state index in [1.54, 1.807) is 6.08 Å². The highest BCUT2D eigenvalue weighted by atomic mass is 16.1. The van der Waals surface area contributed by atoms with E-state index in [0.29, 0.717) is 0 Å². The van der Waals surface area contributed by atoms with E-state index < -0.39 is 0 Å². The Morgan fingerprint density at radius 2 is 1.57 bits per heavy atom. The van der Waals surface area contributed by atoms with Crippen molar-refractivity contribution < 1.29 is 4.79 Å². The molecule has 0 heterocycles. The number of hydrogen-bond acceptors (Lipinski definition) is 1. The Bertz CT molecular complexity index is 709. The molecule has 0 amide bonds. The Balaban J connectivity index is 1.79. The predicted molar refractivity (Wildman–Crippen MR) is 87.7 cm³/mol. The molecule has 2 aromatic rings. The third-order valence-corrected chi connectivity index (χ3v) is 3.51. The quantitative estimate of drug-likeness (QED) is 0.739. The summed E-state index contributed by atoms with van der Waals surface area (Å²) < 4.78 is 0. The average Bonchev–Trinajstić information content (AvgIpc) is 3.08. The zero-order valence-corrected chi connectivity index (χ0v) is 11.6. The van der Waals surface area contributed by atoms with E-state index in [4.69, 9.17) is 0 Å². The molecule has 0 bridgehead atoms. The molecule has 1 aliphatic rings. The fourth-order valence-corrected chi connectivity index (χ4v) is 2.36. The maximum atomic E-state index is 12.0. The topological polar surface area (TPSA) is 17.1 Å². The van der Waals surface area contributed by atoms with Crippen LogP contribution in [0.25, 0.3) is 17.2 Å². The number of hydrogen-bond donors (Lipinski definition) is 0. The molecule has 0 spiro atoms. The molecule has 0 aliphatic heterocycles. The lowest BCUT2D eigenvalue weighted by Gasteiger charge is -2.03. The summed E-state index contributed by atoms with van der Waals surface area (Å²) >= 11 is 0. The van der Waals surface area contributed by atoms with Gasteiger partial charge in [-0.3, -0.25) is 4.79 Å². The van der Waals surface area contributed by atoms with Gasteiger partial charge in [-0.25, -0.2) is 0 Å². The van der Waals surface area contributed by atoms with Crippen LogP contribution in [0.1, 0.15) is 5.56 Å². The van der Waals surface area contributed by atoms with E-state index in [9.17, 15) is 4.79 Å². The van der Waals surface area contributed by atoms with Gasteiger partial charge >= 0.3 is 0 Å². The summed E-state index contributed by atoms with van der Waals surface area (Å²) in [5.41, 5.74) is 3.38. The van der Waals surface area contributed by atoms with Crippen molar-refractivity contribution in [1.82, 2.24) is 0 Å². The van der Waals surface area contributed by atoms with Crippen molar-refractivity contribution in [2.75, 3.05) is 0 Å². The molecular formula is C20H16O. The largest absolute Gasteiger partial charge is 0.294 e. The van der Waals surface area contributed by atoms with Crippen LogP contribution in [0.15, 0.2) is 85.0 Å².